The summed E-state index contributed by atoms with van der Waals surface area (Å²) in [7, 11) is -1.16. The topological polar surface area (TPSA) is 65.7 Å². The van der Waals surface area contributed by atoms with Crippen LogP contribution in [0.3, 0.4) is 0 Å². The molecule has 0 atom stereocenters. The molecule has 102 valence electrons. The standard InChI is InChI=1S/C13H15O5P/c1-8-5-6-11-10(7-8)12(14)13(9(2)18-11)19(15,16-3)17-4/h5-7H,1-4H3. The number of hydrogen-bond donors (Lipinski definition) is 0. The minimum atomic E-state index is -3.63. The van der Waals surface area contributed by atoms with Gasteiger partial charge in [-0.3, -0.25) is 9.36 Å². The van der Waals surface area contributed by atoms with Crippen molar-refractivity contribution in [1.29, 1.82) is 0 Å². The highest BCUT2D eigenvalue weighted by molar-refractivity contribution is 7.62. The minimum Gasteiger partial charge on any atom is -0.460 e. The molecular formula is C13H15O5P. The Bertz CT molecular complexity index is 724. The van der Waals surface area contributed by atoms with Gasteiger partial charge in [0.2, 0.25) is 5.43 Å². The lowest BCUT2D eigenvalue weighted by atomic mass is 10.1. The molecule has 2 rings (SSSR count). The predicted octanol–water partition coefficient (Wildman–Crippen LogP) is 2.52. The molecule has 0 aliphatic rings. The van der Waals surface area contributed by atoms with Crippen LogP contribution in [0.1, 0.15) is 11.3 Å². The summed E-state index contributed by atoms with van der Waals surface area (Å²) in [5, 5.41) is 0.325. The van der Waals surface area contributed by atoms with E-state index in [9.17, 15) is 9.36 Å². The normalized spacial score (nSPS) is 12.0. The van der Waals surface area contributed by atoms with Crippen LogP contribution in [0.2, 0.25) is 0 Å². The van der Waals surface area contributed by atoms with Crippen molar-refractivity contribution in [1.82, 2.24) is 0 Å². The van der Waals surface area contributed by atoms with Crippen molar-refractivity contribution in [3.63, 3.8) is 0 Å². The zero-order valence-electron chi connectivity index (χ0n) is 11.2. The fraction of sp³-hybridized carbons (Fsp3) is 0.308. The average Bonchev–Trinajstić information content (AvgIpc) is 2.39. The maximum atomic E-state index is 12.5. The van der Waals surface area contributed by atoms with Crippen molar-refractivity contribution in [2.75, 3.05) is 14.2 Å². The molecule has 1 aromatic heterocycles. The lowest BCUT2D eigenvalue weighted by molar-refractivity contribution is 0.286. The van der Waals surface area contributed by atoms with E-state index in [0.717, 1.165) is 5.56 Å². The fourth-order valence-corrected chi connectivity index (χ4v) is 3.30. The van der Waals surface area contributed by atoms with Gasteiger partial charge in [0, 0.05) is 14.2 Å². The van der Waals surface area contributed by atoms with E-state index in [0.29, 0.717) is 11.0 Å². The lowest BCUT2D eigenvalue weighted by Crippen LogP contribution is -2.28. The lowest BCUT2D eigenvalue weighted by Gasteiger charge is -2.15. The van der Waals surface area contributed by atoms with Gasteiger partial charge in [0.1, 0.15) is 11.3 Å². The molecule has 0 fully saturated rings. The Morgan fingerprint density at radius 3 is 2.37 bits per heavy atom. The Morgan fingerprint density at radius 1 is 1.16 bits per heavy atom. The smallest absolute Gasteiger partial charge is 0.368 e. The van der Waals surface area contributed by atoms with Crippen LogP contribution < -0.4 is 10.7 Å². The average molecular weight is 282 g/mol. The summed E-state index contributed by atoms with van der Waals surface area (Å²) in [5.74, 6) is 0.244. The van der Waals surface area contributed by atoms with Gasteiger partial charge in [-0.2, -0.15) is 0 Å². The summed E-state index contributed by atoms with van der Waals surface area (Å²) < 4.78 is 27.7. The summed E-state index contributed by atoms with van der Waals surface area (Å²) in [6.07, 6.45) is 0. The molecule has 2 aromatic rings. The molecular weight excluding hydrogens is 267 g/mol. The highest BCUT2D eigenvalue weighted by Crippen LogP contribution is 2.45. The van der Waals surface area contributed by atoms with Gasteiger partial charge in [-0.25, -0.2) is 0 Å². The molecule has 19 heavy (non-hydrogen) atoms. The van der Waals surface area contributed by atoms with Crippen LogP contribution in [-0.2, 0) is 13.6 Å². The van der Waals surface area contributed by atoms with Gasteiger partial charge in [-0.1, -0.05) is 11.6 Å². The zero-order chi connectivity index (χ0) is 14.2. The molecule has 0 bridgehead atoms. The van der Waals surface area contributed by atoms with Crippen molar-refractivity contribution < 1.29 is 18.0 Å². The Morgan fingerprint density at radius 2 is 1.79 bits per heavy atom. The van der Waals surface area contributed by atoms with E-state index in [4.69, 9.17) is 13.5 Å². The third-order valence-corrected chi connectivity index (χ3v) is 4.97. The quantitative estimate of drug-likeness (QED) is 0.809. The van der Waals surface area contributed by atoms with Gasteiger partial charge in [-0.05, 0) is 26.0 Å². The monoisotopic (exact) mass is 282 g/mol. The summed E-state index contributed by atoms with van der Waals surface area (Å²) >= 11 is 0. The van der Waals surface area contributed by atoms with E-state index in [1.54, 1.807) is 19.1 Å². The van der Waals surface area contributed by atoms with Gasteiger partial charge in [0.15, 0.2) is 5.30 Å². The molecule has 0 N–H and O–H groups in total. The maximum Gasteiger partial charge on any atom is 0.368 e. The fourth-order valence-electron chi connectivity index (χ4n) is 1.99. The van der Waals surface area contributed by atoms with Crippen LogP contribution in [0.25, 0.3) is 11.0 Å². The highest BCUT2D eigenvalue weighted by atomic mass is 31.2. The number of fused-ring (bicyclic) bond motifs is 1. The minimum absolute atomic E-state index is 0.0457. The maximum absolute atomic E-state index is 12.5. The Balaban J connectivity index is 2.90. The van der Waals surface area contributed by atoms with Crippen molar-refractivity contribution in [2.24, 2.45) is 0 Å². The first-order chi connectivity index (χ1) is 8.92. The molecule has 0 saturated carbocycles. The van der Waals surface area contributed by atoms with Crippen LogP contribution in [-0.4, -0.2) is 14.2 Å². The van der Waals surface area contributed by atoms with Crippen molar-refractivity contribution in [3.05, 3.63) is 39.7 Å². The summed E-state index contributed by atoms with van der Waals surface area (Å²) in [5.41, 5.74) is 0.990. The van der Waals surface area contributed by atoms with Gasteiger partial charge in [-0.15, -0.1) is 0 Å². The van der Waals surface area contributed by atoms with Crippen molar-refractivity contribution in [2.45, 2.75) is 13.8 Å². The zero-order valence-corrected chi connectivity index (χ0v) is 12.1. The van der Waals surface area contributed by atoms with Crippen LogP contribution in [0.4, 0.5) is 0 Å². The SMILES string of the molecule is COP(=O)(OC)c1c(C)oc2ccc(C)cc2c1=O. The number of rotatable bonds is 3. The van der Waals surface area contributed by atoms with Gasteiger partial charge in [0.25, 0.3) is 0 Å². The molecule has 0 aliphatic carbocycles. The third-order valence-electron chi connectivity index (χ3n) is 2.95. The van der Waals surface area contributed by atoms with Gasteiger partial charge < -0.3 is 13.5 Å². The van der Waals surface area contributed by atoms with Crippen LogP contribution in [0.15, 0.2) is 27.4 Å². The first-order valence-corrected chi connectivity index (χ1v) is 7.23. The molecule has 5 nitrogen and oxygen atoms in total. The molecule has 0 aliphatic heterocycles. The summed E-state index contributed by atoms with van der Waals surface area (Å²) in [4.78, 5) is 12.5. The predicted molar refractivity (Wildman–Crippen MR) is 73.2 cm³/mol. The van der Waals surface area contributed by atoms with Crippen molar-refractivity contribution in [3.8, 4) is 0 Å². The number of benzene rings is 1. The molecule has 0 unspecified atom stereocenters. The molecule has 6 heteroatoms. The Kier molecular flexibility index (Phi) is 3.63. The van der Waals surface area contributed by atoms with Gasteiger partial charge in [0.05, 0.1) is 5.39 Å². The second kappa shape index (κ2) is 4.93. The second-order valence-corrected chi connectivity index (χ2v) is 6.37. The van der Waals surface area contributed by atoms with Crippen molar-refractivity contribution >= 4 is 23.9 Å². The Hall–Kier alpha value is -1.42. The molecule has 0 saturated heterocycles. The van der Waals surface area contributed by atoms with Gasteiger partial charge >= 0.3 is 7.60 Å². The molecule has 1 aromatic carbocycles. The van der Waals surface area contributed by atoms with E-state index in [1.165, 1.54) is 14.2 Å². The molecule has 0 spiro atoms. The summed E-state index contributed by atoms with van der Waals surface area (Å²) in [6.45, 7) is 3.44. The molecule has 1 heterocycles. The second-order valence-electron chi connectivity index (χ2n) is 4.20. The third kappa shape index (κ3) is 2.25. The number of hydrogen-bond acceptors (Lipinski definition) is 5. The number of aryl methyl sites for hydroxylation is 2. The molecule has 0 radical (unpaired) electrons. The van der Waals surface area contributed by atoms with E-state index in [-0.39, 0.29) is 16.5 Å². The van der Waals surface area contributed by atoms with E-state index >= 15 is 0 Å². The Labute approximate surface area is 110 Å². The van der Waals surface area contributed by atoms with Crippen LogP contribution in [0, 0.1) is 13.8 Å². The summed E-state index contributed by atoms with van der Waals surface area (Å²) in [6, 6.07) is 5.25. The highest BCUT2D eigenvalue weighted by Gasteiger charge is 2.32. The largest absolute Gasteiger partial charge is 0.460 e. The van der Waals surface area contributed by atoms with E-state index in [1.807, 2.05) is 13.0 Å². The van der Waals surface area contributed by atoms with E-state index < -0.39 is 7.60 Å². The first kappa shape index (κ1) is 14.0. The van der Waals surface area contributed by atoms with Crippen LogP contribution in [0.5, 0.6) is 0 Å². The van der Waals surface area contributed by atoms with Crippen LogP contribution >= 0.6 is 7.60 Å². The first-order valence-electron chi connectivity index (χ1n) is 5.69. The molecule has 0 amide bonds. The van der Waals surface area contributed by atoms with E-state index in [2.05, 4.69) is 0 Å².